The first-order chi connectivity index (χ1) is 8.58. The molecule has 92 valence electrons. The maximum Gasteiger partial charge on any atom is 0.335 e. The Bertz CT molecular complexity index is 606. The second-order valence-electron chi connectivity index (χ2n) is 3.34. The van der Waals surface area contributed by atoms with Crippen LogP contribution in [0.15, 0.2) is 50.9 Å². The van der Waals surface area contributed by atoms with Gasteiger partial charge in [0.05, 0.1) is 10.0 Å². The quantitative estimate of drug-likeness (QED) is 0.930. The molecule has 2 rings (SSSR count). The summed E-state index contributed by atoms with van der Waals surface area (Å²) in [7, 11) is 0. The molecule has 1 aromatic carbocycles. The lowest BCUT2D eigenvalue weighted by molar-refractivity contribution is 0.0696. The molecule has 0 atom stereocenters. The van der Waals surface area contributed by atoms with Crippen LogP contribution in [0.3, 0.4) is 0 Å². The van der Waals surface area contributed by atoms with Crippen molar-refractivity contribution in [3.05, 3.63) is 52.4 Å². The van der Waals surface area contributed by atoms with Gasteiger partial charge in [0, 0.05) is 11.1 Å². The monoisotopic (exact) mass is 327 g/mol. The van der Waals surface area contributed by atoms with Crippen LogP contribution < -0.4 is 0 Å². The number of aromatic carboxylic acids is 1. The summed E-state index contributed by atoms with van der Waals surface area (Å²) in [5.74, 6) is -1.72. The minimum Gasteiger partial charge on any atom is -0.478 e. The van der Waals surface area contributed by atoms with Gasteiger partial charge in [0.25, 0.3) is 0 Å². The van der Waals surface area contributed by atoms with E-state index in [0.29, 0.717) is 9.92 Å². The summed E-state index contributed by atoms with van der Waals surface area (Å²) < 4.78 is 14.5. The van der Waals surface area contributed by atoms with E-state index in [1.165, 1.54) is 12.1 Å². The Kier molecular flexibility index (Phi) is 3.98. The molecule has 0 spiro atoms. The van der Waals surface area contributed by atoms with Crippen molar-refractivity contribution in [2.45, 2.75) is 9.92 Å². The van der Waals surface area contributed by atoms with E-state index in [1.54, 1.807) is 18.3 Å². The average molecular weight is 328 g/mol. The van der Waals surface area contributed by atoms with Crippen molar-refractivity contribution in [2.75, 3.05) is 0 Å². The third kappa shape index (κ3) is 2.88. The summed E-state index contributed by atoms with van der Waals surface area (Å²) >= 11 is 4.45. The molecular formula is C12H7BrFNO2S. The molecule has 0 saturated carbocycles. The first-order valence-electron chi connectivity index (χ1n) is 4.89. The second-order valence-corrected chi connectivity index (χ2v) is 5.23. The van der Waals surface area contributed by atoms with Crippen LogP contribution in [0.25, 0.3) is 0 Å². The normalized spacial score (nSPS) is 10.3. The molecule has 1 N–H and O–H groups in total. The summed E-state index contributed by atoms with van der Waals surface area (Å²) in [6.07, 6.45) is 1.61. The van der Waals surface area contributed by atoms with Gasteiger partial charge in [-0.25, -0.2) is 14.2 Å². The SMILES string of the molecule is O=C(O)c1ccc(Sc2ncccc2Br)c(F)c1. The number of carboxylic acid groups (broad SMARTS) is 1. The predicted molar refractivity (Wildman–Crippen MR) is 69.4 cm³/mol. The fraction of sp³-hybridized carbons (Fsp3) is 0. The lowest BCUT2D eigenvalue weighted by Crippen LogP contribution is -1.97. The molecule has 0 fully saturated rings. The number of pyridine rings is 1. The summed E-state index contributed by atoms with van der Waals surface area (Å²) in [6, 6.07) is 7.37. The lowest BCUT2D eigenvalue weighted by atomic mass is 10.2. The number of nitrogens with zero attached hydrogens (tertiary/aromatic N) is 1. The first kappa shape index (κ1) is 13.0. The Balaban J connectivity index is 2.30. The zero-order valence-electron chi connectivity index (χ0n) is 8.93. The van der Waals surface area contributed by atoms with Crippen molar-refractivity contribution in [3.8, 4) is 0 Å². The van der Waals surface area contributed by atoms with Gasteiger partial charge in [0.2, 0.25) is 0 Å². The largest absolute Gasteiger partial charge is 0.478 e. The number of carbonyl (C=O) groups is 1. The molecule has 18 heavy (non-hydrogen) atoms. The van der Waals surface area contributed by atoms with Gasteiger partial charge >= 0.3 is 5.97 Å². The highest BCUT2D eigenvalue weighted by atomic mass is 79.9. The smallest absolute Gasteiger partial charge is 0.335 e. The number of aromatic nitrogens is 1. The maximum atomic E-state index is 13.7. The van der Waals surface area contributed by atoms with E-state index in [2.05, 4.69) is 20.9 Å². The molecule has 0 saturated heterocycles. The molecule has 6 heteroatoms. The number of benzene rings is 1. The average Bonchev–Trinajstić information content (AvgIpc) is 2.34. The highest BCUT2D eigenvalue weighted by Crippen LogP contribution is 2.33. The van der Waals surface area contributed by atoms with E-state index in [4.69, 9.17) is 5.11 Å². The van der Waals surface area contributed by atoms with E-state index < -0.39 is 11.8 Å². The summed E-state index contributed by atoms with van der Waals surface area (Å²) in [5.41, 5.74) is -0.0723. The Morgan fingerprint density at radius 3 is 2.78 bits per heavy atom. The number of hydrogen-bond acceptors (Lipinski definition) is 3. The molecule has 1 heterocycles. The van der Waals surface area contributed by atoms with Crippen LogP contribution in [0.1, 0.15) is 10.4 Å². The van der Waals surface area contributed by atoms with Crippen LogP contribution in [-0.2, 0) is 0 Å². The number of halogens is 2. The van der Waals surface area contributed by atoms with Gasteiger partial charge in [0.15, 0.2) is 0 Å². The highest BCUT2D eigenvalue weighted by Gasteiger charge is 2.11. The van der Waals surface area contributed by atoms with E-state index in [0.717, 1.165) is 22.3 Å². The molecule has 2 aromatic rings. The Morgan fingerprint density at radius 1 is 1.39 bits per heavy atom. The minimum atomic E-state index is -1.15. The van der Waals surface area contributed by atoms with E-state index in [-0.39, 0.29) is 5.56 Å². The standard InChI is InChI=1S/C12H7BrFNO2S/c13-8-2-1-5-15-11(8)18-10-4-3-7(12(16)17)6-9(10)14/h1-6H,(H,16,17). The number of rotatable bonds is 3. The van der Waals surface area contributed by atoms with Crippen LogP contribution >= 0.6 is 27.7 Å². The summed E-state index contributed by atoms with van der Waals surface area (Å²) in [4.78, 5) is 15.1. The molecule has 3 nitrogen and oxygen atoms in total. The fourth-order valence-electron chi connectivity index (χ4n) is 1.27. The third-order valence-electron chi connectivity index (χ3n) is 2.11. The van der Waals surface area contributed by atoms with Crippen LogP contribution in [0, 0.1) is 5.82 Å². The van der Waals surface area contributed by atoms with Gasteiger partial charge in [-0.3, -0.25) is 0 Å². The van der Waals surface area contributed by atoms with Gasteiger partial charge in [-0.15, -0.1) is 0 Å². The molecular weight excluding hydrogens is 321 g/mol. The van der Waals surface area contributed by atoms with Crippen molar-refractivity contribution in [3.63, 3.8) is 0 Å². The van der Waals surface area contributed by atoms with Gasteiger partial charge in [-0.1, -0.05) is 11.8 Å². The Morgan fingerprint density at radius 2 is 2.17 bits per heavy atom. The molecule has 0 unspecified atom stereocenters. The van der Waals surface area contributed by atoms with Crippen LogP contribution in [-0.4, -0.2) is 16.1 Å². The molecule has 0 aliphatic carbocycles. The number of carboxylic acids is 1. The highest BCUT2D eigenvalue weighted by molar-refractivity contribution is 9.10. The van der Waals surface area contributed by atoms with Crippen molar-refractivity contribution in [1.82, 2.24) is 4.98 Å². The van der Waals surface area contributed by atoms with Crippen molar-refractivity contribution in [1.29, 1.82) is 0 Å². The summed E-state index contributed by atoms with van der Waals surface area (Å²) in [6.45, 7) is 0. The Hall–Kier alpha value is -1.40. The predicted octanol–water partition coefficient (Wildman–Crippen LogP) is 3.83. The topological polar surface area (TPSA) is 50.2 Å². The van der Waals surface area contributed by atoms with E-state index >= 15 is 0 Å². The lowest BCUT2D eigenvalue weighted by Gasteiger charge is -2.04. The van der Waals surface area contributed by atoms with Crippen LogP contribution in [0.5, 0.6) is 0 Å². The molecule has 0 aliphatic heterocycles. The second kappa shape index (κ2) is 5.49. The van der Waals surface area contributed by atoms with E-state index in [1.807, 2.05) is 0 Å². The van der Waals surface area contributed by atoms with E-state index in [9.17, 15) is 9.18 Å². The molecule has 0 bridgehead atoms. The molecule has 1 aromatic heterocycles. The molecule has 0 amide bonds. The van der Waals surface area contributed by atoms with Gasteiger partial charge in [0.1, 0.15) is 10.8 Å². The van der Waals surface area contributed by atoms with Gasteiger partial charge in [-0.2, -0.15) is 0 Å². The van der Waals surface area contributed by atoms with Crippen molar-refractivity contribution in [2.24, 2.45) is 0 Å². The van der Waals surface area contributed by atoms with Gasteiger partial charge in [-0.05, 0) is 46.3 Å². The van der Waals surface area contributed by atoms with Crippen LogP contribution in [0.2, 0.25) is 0 Å². The van der Waals surface area contributed by atoms with Crippen molar-refractivity contribution >= 4 is 33.7 Å². The molecule has 0 aliphatic rings. The van der Waals surface area contributed by atoms with Gasteiger partial charge < -0.3 is 5.11 Å². The minimum absolute atomic E-state index is 0.0723. The molecule has 0 radical (unpaired) electrons. The summed E-state index contributed by atoms with van der Waals surface area (Å²) in [5, 5.41) is 9.37. The number of hydrogen-bond donors (Lipinski definition) is 1. The first-order valence-corrected chi connectivity index (χ1v) is 6.50. The third-order valence-corrected chi connectivity index (χ3v) is 4.08. The van der Waals surface area contributed by atoms with Crippen LogP contribution in [0.4, 0.5) is 4.39 Å². The maximum absolute atomic E-state index is 13.7. The zero-order valence-corrected chi connectivity index (χ0v) is 11.3. The fourth-order valence-corrected chi connectivity index (χ4v) is 2.54. The Labute approximate surface area is 115 Å². The zero-order chi connectivity index (χ0) is 13.1. The van der Waals surface area contributed by atoms with Crippen molar-refractivity contribution < 1.29 is 14.3 Å².